The number of nitrogens with one attached hydrogen (secondary N) is 1. The van der Waals surface area contributed by atoms with Crippen LogP contribution in [0.25, 0.3) is 10.9 Å². The molecule has 1 aliphatic heterocycles. The zero-order chi connectivity index (χ0) is 13.2. The first-order valence-corrected chi connectivity index (χ1v) is 6.89. The molecule has 4 heteroatoms. The third-order valence-electron chi connectivity index (χ3n) is 4.02. The first kappa shape index (κ1) is 12.6. The van der Waals surface area contributed by atoms with E-state index in [0.29, 0.717) is 0 Å². The summed E-state index contributed by atoms with van der Waals surface area (Å²) in [5, 5.41) is 1.15. The van der Waals surface area contributed by atoms with Crippen molar-refractivity contribution in [2.45, 2.75) is 6.42 Å². The lowest BCUT2D eigenvalue weighted by atomic mass is 10.1. The number of rotatable bonds is 3. The van der Waals surface area contributed by atoms with Crippen molar-refractivity contribution < 1.29 is 4.39 Å². The number of halogens is 1. The van der Waals surface area contributed by atoms with Gasteiger partial charge in [0.25, 0.3) is 0 Å². The van der Waals surface area contributed by atoms with Crippen molar-refractivity contribution in [1.82, 2.24) is 14.8 Å². The molecule has 1 aromatic heterocycles. The van der Waals surface area contributed by atoms with Crippen LogP contribution in [0.15, 0.2) is 24.4 Å². The number of aromatic nitrogens is 1. The molecule has 0 saturated carbocycles. The maximum Gasteiger partial charge on any atom is 0.125 e. The van der Waals surface area contributed by atoms with Crippen LogP contribution in [-0.2, 0) is 6.42 Å². The Balaban J connectivity index is 1.65. The van der Waals surface area contributed by atoms with Gasteiger partial charge in [-0.1, -0.05) is 0 Å². The molecule has 1 aliphatic rings. The Morgan fingerprint density at radius 3 is 2.79 bits per heavy atom. The summed E-state index contributed by atoms with van der Waals surface area (Å²) < 4.78 is 13.1. The van der Waals surface area contributed by atoms with E-state index in [1.165, 1.54) is 11.6 Å². The Labute approximate surface area is 113 Å². The first-order chi connectivity index (χ1) is 9.22. The second-order valence-corrected chi connectivity index (χ2v) is 5.40. The number of fused-ring (bicyclic) bond motifs is 1. The fourth-order valence-corrected chi connectivity index (χ4v) is 2.72. The molecular formula is C15H20FN3. The molecule has 1 fully saturated rings. The predicted octanol–water partition coefficient (Wildman–Crippen LogP) is 2.10. The standard InChI is InChI=1S/C15H20FN3/c1-18-6-8-19(9-7-18)5-4-12-11-17-15-10-13(16)2-3-14(12)15/h2-3,10-11,17H,4-9H2,1H3. The molecule has 0 radical (unpaired) electrons. The van der Waals surface area contributed by atoms with E-state index in [1.54, 1.807) is 6.07 Å². The highest BCUT2D eigenvalue weighted by Crippen LogP contribution is 2.20. The van der Waals surface area contributed by atoms with Crippen molar-refractivity contribution in [2.24, 2.45) is 0 Å². The van der Waals surface area contributed by atoms with E-state index < -0.39 is 0 Å². The summed E-state index contributed by atoms with van der Waals surface area (Å²) in [6.07, 6.45) is 3.04. The van der Waals surface area contributed by atoms with E-state index in [-0.39, 0.29) is 5.82 Å². The van der Waals surface area contributed by atoms with Crippen LogP contribution in [0.5, 0.6) is 0 Å². The van der Waals surface area contributed by atoms with Crippen molar-refractivity contribution in [3.05, 3.63) is 35.8 Å². The molecule has 0 atom stereocenters. The molecule has 1 saturated heterocycles. The highest BCUT2D eigenvalue weighted by molar-refractivity contribution is 5.83. The van der Waals surface area contributed by atoms with Gasteiger partial charge in [-0.2, -0.15) is 0 Å². The second kappa shape index (κ2) is 5.31. The summed E-state index contributed by atoms with van der Waals surface area (Å²) in [5.74, 6) is -0.181. The Morgan fingerprint density at radius 2 is 2.00 bits per heavy atom. The maximum absolute atomic E-state index is 13.1. The number of H-pyrrole nitrogens is 1. The first-order valence-electron chi connectivity index (χ1n) is 6.89. The lowest BCUT2D eigenvalue weighted by Gasteiger charge is -2.32. The molecule has 0 bridgehead atoms. The highest BCUT2D eigenvalue weighted by atomic mass is 19.1. The van der Waals surface area contributed by atoms with E-state index >= 15 is 0 Å². The van der Waals surface area contributed by atoms with Crippen LogP contribution in [0, 0.1) is 5.82 Å². The van der Waals surface area contributed by atoms with Gasteiger partial charge in [0.1, 0.15) is 5.82 Å². The van der Waals surface area contributed by atoms with Crippen LogP contribution < -0.4 is 0 Å². The van der Waals surface area contributed by atoms with E-state index in [9.17, 15) is 4.39 Å². The van der Waals surface area contributed by atoms with Crippen LogP contribution in [0.1, 0.15) is 5.56 Å². The number of aromatic amines is 1. The number of benzene rings is 1. The minimum atomic E-state index is -0.181. The van der Waals surface area contributed by atoms with E-state index in [1.807, 2.05) is 12.3 Å². The highest BCUT2D eigenvalue weighted by Gasteiger charge is 2.14. The van der Waals surface area contributed by atoms with Crippen LogP contribution in [0.4, 0.5) is 4.39 Å². The number of likely N-dealkylation sites (N-methyl/N-ethyl adjacent to an activating group) is 1. The molecule has 0 amide bonds. The van der Waals surface area contributed by atoms with Gasteiger partial charge in [0.15, 0.2) is 0 Å². The Bertz CT molecular complexity index is 556. The summed E-state index contributed by atoms with van der Waals surface area (Å²) in [4.78, 5) is 8.03. The number of nitrogens with zero attached hydrogens (tertiary/aromatic N) is 2. The number of hydrogen-bond donors (Lipinski definition) is 1. The lowest BCUT2D eigenvalue weighted by Crippen LogP contribution is -2.45. The summed E-state index contributed by atoms with van der Waals surface area (Å²) >= 11 is 0. The zero-order valence-corrected chi connectivity index (χ0v) is 11.3. The van der Waals surface area contributed by atoms with Gasteiger partial charge in [-0.3, -0.25) is 0 Å². The van der Waals surface area contributed by atoms with Gasteiger partial charge >= 0.3 is 0 Å². The topological polar surface area (TPSA) is 22.3 Å². The average molecular weight is 261 g/mol. The lowest BCUT2D eigenvalue weighted by molar-refractivity contribution is 0.155. The molecule has 0 aliphatic carbocycles. The summed E-state index contributed by atoms with van der Waals surface area (Å²) in [6.45, 7) is 5.68. The van der Waals surface area contributed by atoms with Gasteiger partial charge < -0.3 is 14.8 Å². The quantitative estimate of drug-likeness (QED) is 0.914. The van der Waals surface area contributed by atoms with Crippen molar-refractivity contribution in [2.75, 3.05) is 39.8 Å². The van der Waals surface area contributed by atoms with E-state index in [2.05, 4.69) is 21.8 Å². The molecule has 2 aromatic rings. The number of hydrogen-bond acceptors (Lipinski definition) is 2. The van der Waals surface area contributed by atoms with Crippen molar-refractivity contribution in [3.63, 3.8) is 0 Å². The van der Waals surface area contributed by atoms with Crippen molar-refractivity contribution >= 4 is 10.9 Å². The average Bonchev–Trinajstić information content (AvgIpc) is 2.80. The van der Waals surface area contributed by atoms with E-state index in [4.69, 9.17) is 0 Å². The minimum absolute atomic E-state index is 0.181. The third-order valence-corrected chi connectivity index (χ3v) is 4.02. The van der Waals surface area contributed by atoms with Crippen molar-refractivity contribution in [3.8, 4) is 0 Å². The molecule has 3 rings (SSSR count). The second-order valence-electron chi connectivity index (χ2n) is 5.40. The molecule has 0 unspecified atom stereocenters. The maximum atomic E-state index is 13.1. The minimum Gasteiger partial charge on any atom is -0.361 e. The fraction of sp³-hybridized carbons (Fsp3) is 0.467. The molecule has 3 nitrogen and oxygen atoms in total. The zero-order valence-electron chi connectivity index (χ0n) is 11.3. The SMILES string of the molecule is CN1CCN(CCc2c[nH]c3cc(F)ccc23)CC1. The van der Waals surface area contributed by atoms with Crippen LogP contribution in [0.3, 0.4) is 0 Å². The summed E-state index contributed by atoms with van der Waals surface area (Å²) in [7, 11) is 2.17. The van der Waals surface area contributed by atoms with Gasteiger partial charge in [0.2, 0.25) is 0 Å². The van der Waals surface area contributed by atoms with Gasteiger partial charge in [0.05, 0.1) is 0 Å². The predicted molar refractivity (Wildman–Crippen MR) is 75.9 cm³/mol. The molecule has 1 N–H and O–H groups in total. The third kappa shape index (κ3) is 2.80. The molecular weight excluding hydrogens is 241 g/mol. The molecule has 1 aromatic carbocycles. The van der Waals surface area contributed by atoms with Gasteiger partial charge in [-0.05, 0) is 37.2 Å². The Hall–Kier alpha value is -1.39. The Kier molecular flexibility index (Phi) is 3.53. The van der Waals surface area contributed by atoms with Gasteiger partial charge in [-0.25, -0.2) is 4.39 Å². The Morgan fingerprint density at radius 1 is 1.21 bits per heavy atom. The normalized spacial score (nSPS) is 18.2. The molecule has 19 heavy (non-hydrogen) atoms. The van der Waals surface area contributed by atoms with Gasteiger partial charge in [-0.15, -0.1) is 0 Å². The fourth-order valence-electron chi connectivity index (χ4n) is 2.72. The van der Waals surface area contributed by atoms with Crippen LogP contribution in [0.2, 0.25) is 0 Å². The summed E-state index contributed by atoms with van der Waals surface area (Å²) in [6, 6.07) is 4.98. The summed E-state index contributed by atoms with van der Waals surface area (Å²) in [5.41, 5.74) is 2.18. The molecule has 2 heterocycles. The monoisotopic (exact) mass is 261 g/mol. The molecule has 102 valence electrons. The number of piperazine rings is 1. The van der Waals surface area contributed by atoms with E-state index in [0.717, 1.165) is 50.0 Å². The van der Waals surface area contributed by atoms with Crippen LogP contribution >= 0.6 is 0 Å². The van der Waals surface area contributed by atoms with Crippen molar-refractivity contribution in [1.29, 1.82) is 0 Å². The largest absolute Gasteiger partial charge is 0.361 e. The van der Waals surface area contributed by atoms with Gasteiger partial charge in [0, 0.05) is 49.8 Å². The smallest absolute Gasteiger partial charge is 0.125 e. The molecule has 0 spiro atoms. The van der Waals surface area contributed by atoms with Crippen LogP contribution in [-0.4, -0.2) is 54.6 Å².